The summed E-state index contributed by atoms with van der Waals surface area (Å²) < 4.78 is 18.8. The van der Waals surface area contributed by atoms with E-state index in [0.717, 1.165) is 25.7 Å². The lowest BCUT2D eigenvalue weighted by Gasteiger charge is -2.29. The summed E-state index contributed by atoms with van der Waals surface area (Å²) in [6.45, 7) is 6.15. The van der Waals surface area contributed by atoms with Crippen LogP contribution < -0.4 is 16.0 Å². The van der Waals surface area contributed by atoms with Crippen LogP contribution >= 0.6 is 11.6 Å². The van der Waals surface area contributed by atoms with E-state index in [1.54, 1.807) is 12.3 Å². The molecule has 1 amide bonds. The van der Waals surface area contributed by atoms with Gasteiger partial charge in [-0.1, -0.05) is 11.6 Å². The third-order valence-corrected chi connectivity index (χ3v) is 5.96. The van der Waals surface area contributed by atoms with Crippen molar-refractivity contribution in [1.29, 1.82) is 0 Å². The van der Waals surface area contributed by atoms with E-state index in [4.69, 9.17) is 16.3 Å². The number of amides is 1. The lowest BCUT2D eigenvalue weighted by Crippen LogP contribution is -2.37. The van der Waals surface area contributed by atoms with Crippen LogP contribution in [0.1, 0.15) is 46.5 Å². The predicted octanol–water partition coefficient (Wildman–Crippen LogP) is 5.45. The Morgan fingerprint density at radius 2 is 1.94 bits per heavy atom. The fraction of sp³-hybridized carbons (Fsp3) is 0.458. The van der Waals surface area contributed by atoms with Gasteiger partial charge >= 0.3 is 6.09 Å². The number of anilines is 3. The smallest absolute Gasteiger partial charge is 0.407 e. The van der Waals surface area contributed by atoms with Gasteiger partial charge in [-0.15, -0.1) is 0 Å². The number of fused-ring (bicyclic) bond motifs is 1. The van der Waals surface area contributed by atoms with Gasteiger partial charge < -0.3 is 20.7 Å². The first-order valence-corrected chi connectivity index (χ1v) is 12.0. The molecule has 0 unspecified atom stereocenters. The van der Waals surface area contributed by atoms with E-state index >= 15 is 0 Å². The van der Waals surface area contributed by atoms with Crippen molar-refractivity contribution in [2.45, 2.75) is 58.1 Å². The molecule has 2 aromatic heterocycles. The molecular formula is C24H29ClFN7O2. The number of rotatable bonds is 6. The molecule has 4 rings (SSSR count). The van der Waals surface area contributed by atoms with Crippen LogP contribution in [0.25, 0.3) is 11.0 Å². The molecule has 11 heteroatoms. The van der Waals surface area contributed by atoms with Gasteiger partial charge in [0.1, 0.15) is 28.8 Å². The van der Waals surface area contributed by atoms with Crippen LogP contribution in [0.2, 0.25) is 5.02 Å². The largest absolute Gasteiger partial charge is 0.444 e. The molecule has 1 aliphatic carbocycles. The van der Waals surface area contributed by atoms with Gasteiger partial charge in [0.25, 0.3) is 0 Å². The molecular weight excluding hydrogens is 473 g/mol. The normalized spacial score (nSPS) is 18.2. The maximum Gasteiger partial charge on any atom is 0.407 e. The first-order chi connectivity index (χ1) is 16.7. The third-order valence-electron chi connectivity index (χ3n) is 5.67. The Morgan fingerprint density at radius 3 is 2.66 bits per heavy atom. The lowest BCUT2D eigenvalue weighted by atomic mass is 9.86. The van der Waals surface area contributed by atoms with Crippen LogP contribution in [0, 0.1) is 11.7 Å². The Labute approximate surface area is 208 Å². The molecule has 1 aromatic carbocycles. The molecule has 0 bridgehead atoms. The van der Waals surface area contributed by atoms with Gasteiger partial charge in [0.15, 0.2) is 5.82 Å². The zero-order valence-corrected chi connectivity index (χ0v) is 20.7. The number of aromatic nitrogens is 4. The van der Waals surface area contributed by atoms with Gasteiger partial charge in [-0.2, -0.15) is 0 Å². The summed E-state index contributed by atoms with van der Waals surface area (Å²) in [5, 5.41) is 9.42. The zero-order valence-electron chi connectivity index (χ0n) is 19.9. The van der Waals surface area contributed by atoms with Crippen molar-refractivity contribution in [3.05, 3.63) is 41.6 Å². The van der Waals surface area contributed by atoms with Crippen LogP contribution in [-0.2, 0) is 4.74 Å². The highest BCUT2D eigenvalue weighted by atomic mass is 35.5. The van der Waals surface area contributed by atoms with Crippen LogP contribution in [0.3, 0.4) is 0 Å². The lowest BCUT2D eigenvalue weighted by molar-refractivity contribution is 0.0515. The molecule has 3 aromatic rings. The summed E-state index contributed by atoms with van der Waals surface area (Å²) in [4.78, 5) is 29.4. The summed E-state index contributed by atoms with van der Waals surface area (Å²) in [5.74, 6) is 0.876. The standard InChI is InChI=1S/C24H29ClFN7O2/c1-24(2,3)35-23(34)28-11-14-4-6-15(7-5-14)32-22-27-12-19-20(33-22)21(30-13-29-19)31-16-8-9-18(26)17(25)10-16/h8-10,12-15H,4-7,11H2,1-3H3,(H,28,34)(H,27,32,33)(H,29,30,31)/t14-,15-. The molecule has 0 aliphatic heterocycles. The van der Waals surface area contributed by atoms with Crippen molar-refractivity contribution in [2.24, 2.45) is 5.92 Å². The van der Waals surface area contributed by atoms with E-state index in [-0.39, 0.29) is 17.2 Å². The summed E-state index contributed by atoms with van der Waals surface area (Å²) >= 11 is 5.89. The van der Waals surface area contributed by atoms with E-state index in [1.165, 1.54) is 18.5 Å². The van der Waals surface area contributed by atoms with Crippen molar-refractivity contribution in [3.63, 3.8) is 0 Å². The molecule has 0 radical (unpaired) electrons. The average Bonchev–Trinajstić information content (AvgIpc) is 2.80. The summed E-state index contributed by atoms with van der Waals surface area (Å²) in [6.07, 6.45) is 6.51. The molecule has 1 saturated carbocycles. The molecule has 9 nitrogen and oxygen atoms in total. The maximum atomic E-state index is 13.5. The number of nitrogens with zero attached hydrogens (tertiary/aromatic N) is 4. The highest BCUT2D eigenvalue weighted by Gasteiger charge is 2.23. The minimum atomic E-state index is -0.502. The van der Waals surface area contributed by atoms with Gasteiger partial charge in [0.2, 0.25) is 5.95 Å². The molecule has 1 aliphatic rings. The predicted molar refractivity (Wildman–Crippen MR) is 133 cm³/mol. The van der Waals surface area contributed by atoms with Crippen molar-refractivity contribution in [3.8, 4) is 0 Å². The number of alkyl carbamates (subject to hydrolysis) is 1. The molecule has 0 atom stereocenters. The SMILES string of the molecule is CC(C)(C)OC(=O)NC[C@H]1CC[C@H](Nc2ncc3ncnc(Nc4ccc(F)c(Cl)c4)c3n2)CC1. The minimum absolute atomic E-state index is 0.0160. The van der Waals surface area contributed by atoms with Gasteiger partial charge in [-0.05, 0) is 70.6 Å². The van der Waals surface area contributed by atoms with E-state index < -0.39 is 11.4 Å². The molecule has 0 spiro atoms. The van der Waals surface area contributed by atoms with Crippen molar-refractivity contribution in [2.75, 3.05) is 17.2 Å². The number of ether oxygens (including phenoxy) is 1. The second-order valence-electron chi connectivity index (χ2n) is 9.65. The second-order valence-corrected chi connectivity index (χ2v) is 10.1. The van der Waals surface area contributed by atoms with E-state index in [0.29, 0.717) is 40.9 Å². The Morgan fingerprint density at radius 1 is 1.17 bits per heavy atom. The van der Waals surface area contributed by atoms with Crippen molar-refractivity contribution < 1.29 is 13.9 Å². The van der Waals surface area contributed by atoms with Crippen LogP contribution in [0.5, 0.6) is 0 Å². The topological polar surface area (TPSA) is 114 Å². The van der Waals surface area contributed by atoms with Gasteiger partial charge in [0, 0.05) is 18.3 Å². The van der Waals surface area contributed by atoms with Gasteiger partial charge in [-0.25, -0.2) is 29.1 Å². The number of benzene rings is 1. The molecule has 2 heterocycles. The number of halogens is 2. The summed E-state index contributed by atoms with van der Waals surface area (Å²) in [5.41, 5.74) is 1.21. The van der Waals surface area contributed by atoms with E-state index in [9.17, 15) is 9.18 Å². The van der Waals surface area contributed by atoms with Crippen LogP contribution in [0.4, 0.5) is 26.6 Å². The fourth-order valence-electron chi connectivity index (χ4n) is 3.96. The van der Waals surface area contributed by atoms with Gasteiger partial charge in [0.05, 0.1) is 11.2 Å². The van der Waals surface area contributed by atoms with E-state index in [2.05, 4.69) is 35.9 Å². The highest BCUT2D eigenvalue weighted by molar-refractivity contribution is 6.31. The molecule has 0 saturated heterocycles. The molecule has 35 heavy (non-hydrogen) atoms. The van der Waals surface area contributed by atoms with Crippen LogP contribution in [0.15, 0.2) is 30.7 Å². The average molecular weight is 502 g/mol. The number of hydrogen-bond donors (Lipinski definition) is 3. The Kier molecular flexibility index (Phi) is 7.49. The summed E-state index contributed by atoms with van der Waals surface area (Å²) in [6, 6.07) is 4.57. The minimum Gasteiger partial charge on any atom is -0.444 e. The quantitative estimate of drug-likeness (QED) is 0.408. The summed E-state index contributed by atoms with van der Waals surface area (Å²) in [7, 11) is 0. The fourth-order valence-corrected chi connectivity index (χ4v) is 4.14. The Balaban J connectivity index is 1.36. The van der Waals surface area contributed by atoms with Gasteiger partial charge in [-0.3, -0.25) is 0 Å². The Hall–Kier alpha value is -3.27. The van der Waals surface area contributed by atoms with E-state index in [1.807, 2.05) is 20.8 Å². The number of carbonyl (C=O) groups is 1. The third kappa shape index (κ3) is 6.88. The molecule has 3 N–H and O–H groups in total. The highest BCUT2D eigenvalue weighted by Crippen LogP contribution is 2.28. The number of hydrogen-bond acceptors (Lipinski definition) is 8. The van der Waals surface area contributed by atoms with Crippen molar-refractivity contribution >= 4 is 46.2 Å². The monoisotopic (exact) mass is 501 g/mol. The zero-order chi connectivity index (χ0) is 25.0. The van der Waals surface area contributed by atoms with Crippen molar-refractivity contribution in [1.82, 2.24) is 25.3 Å². The maximum absolute atomic E-state index is 13.5. The Bertz CT molecular complexity index is 1200. The number of carbonyl (C=O) groups excluding carboxylic acids is 1. The first kappa shape index (κ1) is 24.8. The van der Waals surface area contributed by atoms with Crippen LogP contribution in [-0.4, -0.2) is 44.2 Å². The molecule has 1 fully saturated rings. The molecule has 186 valence electrons. The first-order valence-electron chi connectivity index (χ1n) is 11.6. The number of nitrogens with one attached hydrogen (secondary N) is 3. The second kappa shape index (κ2) is 10.6.